The van der Waals surface area contributed by atoms with Crippen LogP contribution in [0.4, 0.5) is 0 Å². The molecule has 4 nitrogen and oxygen atoms in total. The van der Waals surface area contributed by atoms with Gasteiger partial charge in [0.1, 0.15) is 5.75 Å². The number of aryl methyl sites for hydroxylation is 1. The number of ether oxygens (including phenoxy) is 1. The molecule has 1 amide bonds. The fraction of sp³-hybridized carbons (Fsp3) is 0.611. The molecule has 0 bridgehead atoms. The molecule has 2 aliphatic heterocycles. The second-order valence-electron chi connectivity index (χ2n) is 6.48. The van der Waals surface area contributed by atoms with Gasteiger partial charge in [-0.3, -0.25) is 4.79 Å². The van der Waals surface area contributed by atoms with E-state index in [0.29, 0.717) is 12.3 Å². The Kier molecular flexibility index (Phi) is 6.72. The van der Waals surface area contributed by atoms with Crippen molar-refractivity contribution in [2.45, 2.75) is 25.7 Å². The molecular weight excluding hydrogens is 312 g/mol. The monoisotopic (exact) mass is 338 g/mol. The molecule has 23 heavy (non-hydrogen) atoms. The molecule has 0 radical (unpaired) electrons. The maximum atomic E-state index is 12.5. The number of amides is 1. The first kappa shape index (κ1) is 18.1. The minimum atomic E-state index is 0. The number of halogens is 1. The van der Waals surface area contributed by atoms with Crippen LogP contribution < -0.4 is 10.1 Å². The average molecular weight is 339 g/mol. The molecule has 0 aromatic heterocycles. The van der Waals surface area contributed by atoms with E-state index in [9.17, 15) is 4.79 Å². The van der Waals surface area contributed by atoms with Crippen LogP contribution in [0.5, 0.6) is 5.75 Å². The molecule has 2 atom stereocenters. The van der Waals surface area contributed by atoms with Gasteiger partial charge in [0.25, 0.3) is 0 Å². The topological polar surface area (TPSA) is 41.6 Å². The fourth-order valence-corrected chi connectivity index (χ4v) is 3.67. The van der Waals surface area contributed by atoms with Crippen LogP contribution in [0.3, 0.4) is 0 Å². The summed E-state index contributed by atoms with van der Waals surface area (Å²) in [4.78, 5) is 14.5. The van der Waals surface area contributed by atoms with Crippen molar-refractivity contribution in [1.82, 2.24) is 10.2 Å². The molecular formula is C18H27ClN2O2. The van der Waals surface area contributed by atoms with Crippen molar-refractivity contribution in [2.75, 3.05) is 33.3 Å². The van der Waals surface area contributed by atoms with Gasteiger partial charge in [-0.2, -0.15) is 0 Å². The van der Waals surface area contributed by atoms with E-state index in [4.69, 9.17) is 4.74 Å². The number of carbonyl (C=O) groups is 1. The maximum Gasteiger partial charge on any atom is 0.222 e. The third kappa shape index (κ3) is 4.61. The quantitative estimate of drug-likeness (QED) is 0.917. The number of likely N-dealkylation sites (tertiary alicyclic amines) is 1. The zero-order valence-corrected chi connectivity index (χ0v) is 14.6. The Morgan fingerprint density at radius 1 is 1.17 bits per heavy atom. The predicted molar refractivity (Wildman–Crippen MR) is 94.2 cm³/mol. The van der Waals surface area contributed by atoms with Crippen LogP contribution in [-0.2, 0) is 11.2 Å². The van der Waals surface area contributed by atoms with Gasteiger partial charge < -0.3 is 15.0 Å². The number of carbonyl (C=O) groups excluding carboxylic acids is 1. The molecule has 0 unspecified atom stereocenters. The van der Waals surface area contributed by atoms with Crippen molar-refractivity contribution in [3.05, 3.63) is 29.8 Å². The average Bonchev–Trinajstić information content (AvgIpc) is 2.91. The first-order chi connectivity index (χ1) is 10.8. The first-order valence-corrected chi connectivity index (χ1v) is 8.37. The summed E-state index contributed by atoms with van der Waals surface area (Å²) >= 11 is 0. The van der Waals surface area contributed by atoms with Gasteiger partial charge in [0.2, 0.25) is 5.91 Å². The van der Waals surface area contributed by atoms with Crippen LogP contribution in [0.25, 0.3) is 0 Å². The zero-order chi connectivity index (χ0) is 15.4. The van der Waals surface area contributed by atoms with Gasteiger partial charge in [-0.25, -0.2) is 0 Å². The normalized spacial score (nSPS) is 23.6. The highest BCUT2D eigenvalue weighted by Crippen LogP contribution is 2.27. The van der Waals surface area contributed by atoms with Crippen LogP contribution in [0.1, 0.15) is 24.8 Å². The number of rotatable bonds is 4. The molecule has 5 heteroatoms. The van der Waals surface area contributed by atoms with E-state index in [1.54, 1.807) is 7.11 Å². The molecule has 2 aliphatic rings. The lowest BCUT2D eigenvalue weighted by atomic mass is 9.92. The lowest BCUT2D eigenvalue weighted by molar-refractivity contribution is -0.131. The summed E-state index contributed by atoms with van der Waals surface area (Å²) in [5.41, 5.74) is 1.20. The molecule has 0 saturated carbocycles. The highest BCUT2D eigenvalue weighted by molar-refractivity contribution is 5.85. The second kappa shape index (κ2) is 8.55. The third-order valence-corrected chi connectivity index (χ3v) is 5.16. The number of hydrogen-bond acceptors (Lipinski definition) is 3. The van der Waals surface area contributed by atoms with E-state index in [0.717, 1.165) is 63.0 Å². The van der Waals surface area contributed by atoms with Gasteiger partial charge in [0.15, 0.2) is 0 Å². The van der Waals surface area contributed by atoms with Crippen LogP contribution >= 0.6 is 12.4 Å². The van der Waals surface area contributed by atoms with E-state index in [2.05, 4.69) is 10.2 Å². The number of benzene rings is 1. The summed E-state index contributed by atoms with van der Waals surface area (Å²) < 4.78 is 5.16. The van der Waals surface area contributed by atoms with Gasteiger partial charge in [-0.15, -0.1) is 12.4 Å². The SMILES string of the molecule is COc1ccc(CCC(=O)N2CC[C@@H]3CNC[C@@H]3CC2)cc1.Cl. The molecule has 2 saturated heterocycles. The summed E-state index contributed by atoms with van der Waals surface area (Å²) in [6.07, 6.45) is 3.74. The Labute approximate surface area is 145 Å². The lowest BCUT2D eigenvalue weighted by Crippen LogP contribution is -2.32. The van der Waals surface area contributed by atoms with E-state index in [1.165, 1.54) is 5.56 Å². The highest BCUT2D eigenvalue weighted by atomic mass is 35.5. The molecule has 128 valence electrons. The molecule has 3 rings (SSSR count). The minimum Gasteiger partial charge on any atom is -0.497 e. The van der Waals surface area contributed by atoms with Crippen molar-refractivity contribution in [3.63, 3.8) is 0 Å². The largest absolute Gasteiger partial charge is 0.497 e. The standard InChI is InChI=1S/C18H26N2O2.ClH/c1-22-17-5-2-14(3-6-17)4-7-18(21)20-10-8-15-12-19-13-16(15)9-11-20;/h2-3,5-6,15-16,19H,4,7-13H2,1H3;1H/t15-,16+;. The van der Waals surface area contributed by atoms with Crippen LogP contribution in [-0.4, -0.2) is 44.1 Å². The first-order valence-electron chi connectivity index (χ1n) is 8.37. The molecule has 0 aliphatic carbocycles. The number of hydrogen-bond donors (Lipinski definition) is 1. The number of nitrogens with zero attached hydrogens (tertiary/aromatic N) is 1. The van der Waals surface area contributed by atoms with Crippen LogP contribution in [0.15, 0.2) is 24.3 Å². The van der Waals surface area contributed by atoms with Crippen molar-refractivity contribution < 1.29 is 9.53 Å². The summed E-state index contributed by atoms with van der Waals surface area (Å²) in [5, 5.41) is 3.48. The second-order valence-corrected chi connectivity index (χ2v) is 6.48. The lowest BCUT2D eigenvalue weighted by Gasteiger charge is -2.21. The van der Waals surface area contributed by atoms with Gasteiger partial charge in [0.05, 0.1) is 7.11 Å². The summed E-state index contributed by atoms with van der Waals surface area (Å²) in [6, 6.07) is 8.01. The Balaban J connectivity index is 0.00000192. The third-order valence-electron chi connectivity index (χ3n) is 5.16. The summed E-state index contributed by atoms with van der Waals surface area (Å²) in [5.74, 6) is 2.73. The van der Waals surface area contributed by atoms with E-state index >= 15 is 0 Å². The number of methoxy groups -OCH3 is 1. The highest BCUT2D eigenvalue weighted by Gasteiger charge is 2.31. The van der Waals surface area contributed by atoms with E-state index < -0.39 is 0 Å². The predicted octanol–water partition coefficient (Wildman–Crippen LogP) is 2.51. The molecule has 1 N–H and O–H groups in total. The van der Waals surface area contributed by atoms with E-state index in [-0.39, 0.29) is 12.4 Å². The Morgan fingerprint density at radius 2 is 1.78 bits per heavy atom. The number of nitrogens with one attached hydrogen (secondary N) is 1. The number of fused-ring (bicyclic) bond motifs is 1. The summed E-state index contributed by atoms with van der Waals surface area (Å²) in [7, 11) is 1.67. The Bertz CT molecular complexity index is 492. The molecule has 2 fully saturated rings. The van der Waals surface area contributed by atoms with Crippen molar-refractivity contribution in [1.29, 1.82) is 0 Å². The van der Waals surface area contributed by atoms with Crippen LogP contribution in [0.2, 0.25) is 0 Å². The van der Waals surface area contributed by atoms with Crippen LogP contribution in [0, 0.1) is 11.8 Å². The molecule has 2 heterocycles. The van der Waals surface area contributed by atoms with E-state index in [1.807, 2.05) is 24.3 Å². The maximum absolute atomic E-state index is 12.5. The van der Waals surface area contributed by atoms with Crippen molar-refractivity contribution in [2.24, 2.45) is 11.8 Å². The molecule has 1 aromatic carbocycles. The fourth-order valence-electron chi connectivity index (χ4n) is 3.67. The van der Waals surface area contributed by atoms with Crippen molar-refractivity contribution in [3.8, 4) is 5.75 Å². The van der Waals surface area contributed by atoms with Gasteiger partial charge >= 0.3 is 0 Å². The minimum absolute atomic E-state index is 0. The smallest absolute Gasteiger partial charge is 0.222 e. The van der Waals surface area contributed by atoms with Gasteiger partial charge in [0, 0.05) is 19.5 Å². The zero-order valence-electron chi connectivity index (χ0n) is 13.8. The molecule has 0 spiro atoms. The van der Waals surface area contributed by atoms with Gasteiger partial charge in [-0.1, -0.05) is 12.1 Å². The summed E-state index contributed by atoms with van der Waals surface area (Å²) in [6.45, 7) is 4.14. The van der Waals surface area contributed by atoms with Gasteiger partial charge in [-0.05, 0) is 61.9 Å². The Morgan fingerprint density at radius 3 is 2.35 bits per heavy atom. The molecule has 1 aromatic rings. The van der Waals surface area contributed by atoms with Crippen molar-refractivity contribution >= 4 is 18.3 Å². The Hall–Kier alpha value is -1.26.